The van der Waals surface area contributed by atoms with Crippen LogP contribution in [0.4, 0.5) is 0 Å². The van der Waals surface area contributed by atoms with Gasteiger partial charge in [-0.1, -0.05) is 42.5 Å². The fraction of sp³-hybridized carbons (Fsp3) is 0.280. The highest BCUT2D eigenvalue weighted by molar-refractivity contribution is 7.10. The number of fused-ring (bicyclic) bond motifs is 1. The van der Waals surface area contributed by atoms with E-state index in [2.05, 4.69) is 5.32 Å². The third-order valence-electron chi connectivity index (χ3n) is 5.74. The highest BCUT2D eigenvalue weighted by Crippen LogP contribution is 2.44. The second-order valence-electron chi connectivity index (χ2n) is 7.55. The second kappa shape index (κ2) is 9.97. The average molecular weight is 451 g/mol. The highest BCUT2D eigenvalue weighted by Gasteiger charge is 2.44. The minimum Gasteiger partial charge on any atom is -0.496 e. The van der Waals surface area contributed by atoms with Crippen LogP contribution in [-0.2, 0) is 16.1 Å². The number of benzene rings is 2. The molecule has 6 nitrogen and oxygen atoms in total. The lowest BCUT2D eigenvalue weighted by molar-refractivity contribution is -0.124. The molecule has 0 fully saturated rings. The van der Waals surface area contributed by atoms with Crippen molar-refractivity contribution in [2.75, 3.05) is 27.4 Å². The molecule has 1 N–H and O–H groups in total. The maximum Gasteiger partial charge on any atom is 0.254 e. The Morgan fingerprint density at radius 1 is 1.06 bits per heavy atom. The summed E-state index contributed by atoms with van der Waals surface area (Å²) in [5, 5.41) is 5.06. The number of methoxy groups -OCH3 is 2. The molecule has 1 aliphatic rings. The number of carbonyl (C=O) groups excluding carboxylic acids is 2. The molecule has 7 heteroatoms. The van der Waals surface area contributed by atoms with Crippen LogP contribution >= 0.6 is 11.3 Å². The monoisotopic (exact) mass is 450 g/mol. The van der Waals surface area contributed by atoms with Crippen LogP contribution in [0.15, 0.2) is 66.0 Å². The average Bonchev–Trinajstić information content (AvgIpc) is 3.36. The summed E-state index contributed by atoms with van der Waals surface area (Å²) in [6.07, 6.45) is 0. The van der Waals surface area contributed by atoms with Crippen LogP contribution in [0.3, 0.4) is 0 Å². The maximum absolute atomic E-state index is 13.6. The first-order valence-electron chi connectivity index (χ1n) is 10.5. The van der Waals surface area contributed by atoms with Crippen LogP contribution < -0.4 is 10.1 Å². The van der Waals surface area contributed by atoms with Crippen molar-refractivity contribution in [2.45, 2.75) is 18.5 Å². The van der Waals surface area contributed by atoms with Gasteiger partial charge in [0.25, 0.3) is 5.91 Å². The Morgan fingerprint density at radius 3 is 2.59 bits per heavy atom. The SMILES string of the molecule is COCCN1C(=O)c2ccccc2[C@@H](C(=O)NCc2ccccc2OC)[C@@H]1c1cccs1. The molecule has 2 atom stereocenters. The van der Waals surface area contributed by atoms with Gasteiger partial charge in [0.1, 0.15) is 5.75 Å². The minimum atomic E-state index is -0.533. The van der Waals surface area contributed by atoms with E-state index < -0.39 is 12.0 Å². The molecule has 1 aromatic heterocycles. The molecule has 2 aromatic carbocycles. The summed E-state index contributed by atoms with van der Waals surface area (Å²) in [7, 11) is 3.23. The number of amides is 2. The minimum absolute atomic E-state index is 0.0789. The lowest BCUT2D eigenvalue weighted by Crippen LogP contribution is -2.48. The molecule has 1 aliphatic heterocycles. The molecule has 2 heterocycles. The number of rotatable bonds is 8. The van der Waals surface area contributed by atoms with Gasteiger partial charge in [0.2, 0.25) is 5.91 Å². The topological polar surface area (TPSA) is 67.9 Å². The zero-order chi connectivity index (χ0) is 22.5. The normalized spacial score (nSPS) is 17.7. The number of hydrogen-bond donors (Lipinski definition) is 1. The van der Waals surface area contributed by atoms with Gasteiger partial charge in [-0.15, -0.1) is 11.3 Å². The summed E-state index contributed by atoms with van der Waals surface area (Å²) in [5.41, 5.74) is 2.21. The molecule has 0 radical (unpaired) electrons. The molecule has 0 unspecified atom stereocenters. The van der Waals surface area contributed by atoms with Crippen molar-refractivity contribution >= 4 is 23.2 Å². The Morgan fingerprint density at radius 2 is 1.84 bits per heavy atom. The van der Waals surface area contributed by atoms with E-state index >= 15 is 0 Å². The van der Waals surface area contributed by atoms with E-state index in [-0.39, 0.29) is 11.8 Å². The fourth-order valence-electron chi connectivity index (χ4n) is 4.23. The number of nitrogens with one attached hydrogen (secondary N) is 1. The summed E-state index contributed by atoms with van der Waals surface area (Å²) in [6.45, 7) is 1.14. The van der Waals surface area contributed by atoms with Crippen LogP contribution in [0.2, 0.25) is 0 Å². The third-order valence-corrected chi connectivity index (χ3v) is 6.68. The van der Waals surface area contributed by atoms with Gasteiger partial charge >= 0.3 is 0 Å². The number of carbonyl (C=O) groups is 2. The number of nitrogens with zero attached hydrogens (tertiary/aromatic N) is 1. The van der Waals surface area contributed by atoms with Crippen molar-refractivity contribution in [2.24, 2.45) is 0 Å². The Balaban J connectivity index is 1.71. The maximum atomic E-state index is 13.6. The van der Waals surface area contributed by atoms with E-state index in [0.717, 1.165) is 21.8 Å². The quantitative estimate of drug-likeness (QED) is 0.563. The van der Waals surface area contributed by atoms with Crippen LogP contribution in [0, 0.1) is 0 Å². The van der Waals surface area contributed by atoms with Crippen molar-refractivity contribution < 1.29 is 19.1 Å². The second-order valence-corrected chi connectivity index (χ2v) is 8.53. The van der Waals surface area contributed by atoms with Crippen molar-refractivity contribution in [1.82, 2.24) is 10.2 Å². The van der Waals surface area contributed by atoms with Gasteiger partial charge in [-0.3, -0.25) is 9.59 Å². The van der Waals surface area contributed by atoms with Gasteiger partial charge in [-0.2, -0.15) is 0 Å². The van der Waals surface area contributed by atoms with E-state index in [4.69, 9.17) is 9.47 Å². The number of para-hydroxylation sites is 1. The van der Waals surface area contributed by atoms with Crippen LogP contribution in [-0.4, -0.2) is 44.1 Å². The molecule has 0 spiro atoms. The Hall–Kier alpha value is -3.16. The van der Waals surface area contributed by atoms with E-state index in [9.17, 15) is 9.59 Å². The molecule has 166 valence electrons. The van der Waals surface area contributed by atoms with Gasteiger partial charge in [-0.05, 0) is 29.1 Å². The first kappa shape index (κ1) is 22.0. The Kier molecular flexibility index (Phi) is 6.87. The third kappa shape index (κ3) is 4.26. The van der Waals surface area contributed by atoms with Crippen LogP contribution in [0.5, 0.6) is 5.75 Å². The molecule has 2 amide bonds. The van der Waals surface area contributed by atoms with Crippen LogP contribution in [0.1, 0.15) is 38.3 Å². The van der Waals surface area contributed by atoms with Crippen molar-refractivity contribution in [3.8, 4) is 5.75 Å². The van der Waals surface area contributed by atoms with E-state index in [1.807, 2.05) is 60.0 Å². The number of ether oxygens (including phenoxy) is 2. The van der Waals surface area contributed by atoms with Crippen molar-refractivity contribution in [3.05, 3.63) is 87.6 Å². The van der Waals surface area contributed by atoms with Gasteiger partial charge in [0, 0.05) is 36.2 Å². The lowest BCUT2D eigenvalue weighted by atomic mass is 9.81. The highest BCUT2D eigenvalue weighted by atomic mass is 32.1. The zero-order valence-electron chi connectivity index (χ0n) is 18.1. The van der Waals surface area contributed by atoms with E-state index in [1.54, 1.807) is 36.5 Å². The van der Waals surface area contributed by atoms with Crippen molar-refractivity contribution in [3.63, 3.8) is 0 Å². The number of hydrogen-bond acceptors (Lipinski definition) is 5. The first-order chi connectivity index (χ1) is 15.7. The summed E-state index contributed by atoms with van der Waals surface area (Å²) in [4.78, 5) is 29.8. The summed E-state index contributed by atoms with van der Waals surface area (Å²) in [5.74, 6) is -0.0147. The molecule has 0 saturated heterocycles. The standard InChI is InChI=1S/C25H26N2O4S/c1-30-14-13-27-23(21-12-7-15-32-21)22(18-9-4-5-10-19(18)25(27)29)24(28)26-16-17-8-3-6-11-20(17)31-2/h3-12,15,22-23H,13-14,16H2,1-2H3,(H,26,28)/t22-,23+/m1/s1. The van der Waals surface area contributed by atoms with Gasteiger partial charge in [-0.25, -0.2) is 0 Å². The molecule has 0 saturated carbocycles. The van der Waals surface area contributed by atoms with E-state index in [1.165, 1.54) is 0 Å². The molecule has 3 aromatic rings. The summed E-state index contributed by atoms with van der Waals surface area (Å²) >= 11 is 1.55. The van der Waals surface area contributed by atoms with E-state index in [0.29, 0.717) is 25.3 Å². The van der Waals surface area contributed by atoms with Gasteiger partial charge in [0.15, 0.2) is 0 Å². The number of thiophene rings is 1. The summed E-state index contributed by atoms with van der Waals surface area (Å²) < 4.78 is 10.7. The Labute approximate surface area is 191 Å². The fourth-order valence-corrected chi connectivity index (χ4v) is 5.10. The zero-order valence-corrected chi connectivity index (χ0v) is 18.9. The predicted octanol–water partition coefficient (Wildman–Crippen LogP) is 4.00. The van der Waals surface area contributed by atoms with Crippen molar-refractivity contribution in [1.29, 1.82) is 0 Å². The molecular weight excluding hydrogens is 424 g/mol. The molecule has 4 rings (SSSR count). The van der Waals surface area contributed by atoms with Crippen LogP contribution in [0.25, 0.3) is 0 Å². The molecular formula is C25H26N2O4S. The largest absolute Gasteiger partial charge is 0.496 e. The summed E-state index contributed by atoms with van der Waals surface area (Å²) in [6, 6.07) is 18.5. The lowest BCUT2D eigenvalue weighted by Gasteiger charge is -2.41. The molecule has 0 bridgehead atoms. The Bertz CT molecular complexity index is 1080. The first-order valence-corrected chi connectivity index (χ1v) is 11.4. The molecule has 32 heavy (non-hydrogen) atoms. The van der Waals surface area contributed by atoms with Gasteiger partial charge < -0.3 is 19.7 Å². The predicted molar refractivity (Wildman–Crippen MR) is 124 cm³/mol. The molecule has 0 aliphatic carbocycles. The smallest absolute Gasteiger partial charge is 0.254 e. The van der Waals surface area contributed by atoms with Gasteiger partial charge in [0.05, 0.1) is 25.7 Å².